The van der Waals surface area contributed by atoms with E-state index in [0.29, 0.717) is 0 Å². The van der Waals surface area contributed by atoms with Gasteiger partial charge in [0.1, 0.15) is 0 Å². The number of rotatable bonds is 9. The van der Waals surface area contributed by atoms with Crippen molar-refractivity contribution in [1.82, 2.24) is 0 Å². The Bertz CT molecular complexity index is 1260. The van der Waals surface area contributed by atoms with Gasteiger partial charge < -0.3 is 0 Å². The maximum atomic E-state index is 13.0. The van der Waals surface area contributed by atoms with Gasteiger partial charge >= 0.3 is 57.1 Å². The minimum atomic E-state index is -8.89. The van der Waals surface area contributed by atoms with Crippen molar-refractivity contribution in [2.45, 2.75) is 56.8 Å². The Balaban J connectivity index is 0.000000554. The lowest BCUT2D eigenvalue weighted by Gasteiger charge is -2.42. The van der Waals surface area contributed by atoms with E-state index in [2.05, 4.69) is 48.5 Å². The summed E-state index contributed by atoms with van der Waals surface area (Å²) in [6.07, 6.45) is -7.88. The summed E-state index contributed by atoms with van der Waals surface area (Å²) in [6.45, 7) is 0. The third-order valence-electron chi connectivity index (χ3n) is 4.74. The van der Waals surface area contributed by atoms with Crippen LogP contribution in [-0.4, -0.2) is 59.9 Å². The van der Waals surface area contributed by atoms with Crippen LogP contribution >= 0.6 is 11.8 Å². The van der Waals surface area contributed by atoms with Crippen molar-refractivity contribution in [3.8, 4) is 0 Å². The molecule has 42 heavy (non-hydrogen) atoms. The van der Waals surface area contributed by atoms with Crippen LogP contribution in [0.15, 0.2) is 70.5 Å². The van der Waals surface area contributed by atoms with Gasteiger partial charge in [-0.1, -0.05) is 48.2 Å². The number of hydrogen-bond acceptors (Lipinski definition) is 3. The lowest BCUT2D eigenvalue weighted by molar-refractivity contribution is -0.458. The second-order valence-corrected chi connectivity index (χ2v) is 10.3. The molecule has 2 rings (SSSR count). The fraction of sp³-hybridized carbons (Fsp3) is 0.400. The van der Waals surface area contributed by atoms with E-state index in [1.807, 2.05) is 12.1 Å². The zero-order chi connectivity index (χ0) is 33.4. The summed E-state index contributed by atoms with van der Waals surface area (Å²) >= 11 is 1.79. The molecular weight excluding hydrogens is 675 g/mol. The first-order chi connectivity index (χ1) is 18.4. The molecule has 0 radical (unpaired) electrons. The molecule has 0 fully saturated rings. The van der Waals surface area contributed by atoms with Crippen molar-refractivity contribution in [2.24, 2.45) is 0 Å². The molecule has 0 spiro atoms. The average Bonchev–Trinajstić information content (AvgIpc) is 2.83. The predicted molar refractivity (Wildman–Crippen MR) is 109 cm³/mol. The summed E-state index contributed by atoms with van der Waals surface area (Å²) in [7, 11) is -7.89. The quantitative estimate of drug-likeness (QED) is 0.212. The van der Waals surface area contributed by atoms with E-state index in [9.17, 15) is 83.1 Å². The molecule has 0 aliphatic heterocycles. The molecule has 0 atom stereocenters. The van der Waals surface area contributed by atoms with Gasteiger partial charge in [-0.15, -0.1) is 0 Å². The van der Waals surface area contributed by atoms with Crippen molar-refractivity contribution < 1.29 is 87.6 Å². The summed E-state index contributed by atoms with van der Waals surface area (Å²) in [5.74, 6) is -52.0. The van der Waals surface area contributed by atoms with Crippen LogP contribution < -0.4 is 0 Å². The first-order valence-corrected chi connectivity index (χ1v) is 12.2. The molecular formula is C20H11F17O3S2. The lowest BCUT2D eigenvalue weighted by Crippen LogP contribution is -2.74. The van der Waals surface area contributed by atoms with Crippen LogP contribution in [-0.2, 0) is 10.1 Å². The van der Waals surface area contributed by atoms with Gasteiger partial charge in [-0.2, -0.15) is 83.1 Å². The van der Waals surface area contributed by atoms with Gasteiger partial charge in [0.25, 0.3) is 0 Å². The van der Waals surface area contributed by atoms with E-state index >= 15 is 0 Å². The van der Waals surface area contributed by atoms with Crippen LogP contribution in [0.5, 0.6) is 0 Å². The van der Waals surface area contributed by atoms with E-state index in [0.717, 1.165) is 0 Å². The van der Waals surface area contributed by atoms with Gasteiger partial charge in [-0.25, -0.2) is 0 Å². The Morgan fingerprint density at radius 1 is 0.452 bits per heavy atom. The second-order valence-electron chi connectivity index (χ2n) is 7.66. The normalized spacial score (nSPS) is 14.7. The van der Waals surface area contributed by atoms with Crippen molar-refractivity contribution in [3.05, 3.63) is 60.7 Å². The van der Waals surface area contributed by atoms with E-state index < -0.39 is 57.1 Å². The van der Waals surface area contributed by atoms with Crippen molar-refractivity contribution in [2.75, 3.05) is 0 Å². The largest absolute Gasteiger partial charge is 0.460 e. The van der Waals surface area contributed by atoms with E-state index in [4.69, 9.17) is 4.55 Å². The maximum Gasteiger partial charge on any atom is 0.460 e. The maximum absolute atomic E-state index is 13.0. The van der Waals surface area contributed by atoms with Crippen LogP contribution in [0.25, 0.3) is 0 Å². The van der Waals surface area contributed by atoms with E-state index in [1.54, 1.807) is 11.8 Å². The van der Waals surface area contributed by atoms with Crippen LogP contribution in [0.1, 0.15) is 0 Å². The van der Waals surface area contributed by atoms with Crippen LogP contribution in [0, 0.1) is 0 Å². The lowest BCUT2D eigenvalue weighted by atomic mass is 9.91. The van der Waals surface area contributed by atoms with Crippen molar-refractivity contribution in [1.29, 1.82) is 0 Å². The van der Waals surface area contributed by atoms with Gasteiger partial charge in [0.05, 0.1) is 0 Å². The third kappa shape index (κ3) is 6.24. The van der Waals surface area contributed by atoms with Gasteiger partial charge in [-0.3, -0.25) is 4.55 Å². The highest BCUT2D eigenvalue weighted by atomic mass is 32.2. The molecule has 0 amide bonds. The summed E-state index contributed by atoms with van der Waals surface area (Å²) in [4.78, 5) is 2.57. The summed E-state index contributed by atoms with van der Waals surface area (Å²) in [5, 5.41) is -7.84. The highest BCUT2D eigenvalue weighted by Crippen LogP contribution is 2.64. The molecule has 2 aromatic rings. The Hall–Kier alpha value is -2.49. The first kappa shape index (κ1) is 37.5. The van der Waals surface area contributed by atoms with Crippen LogP contribution in [0.4, 0.5) is 74.6 Å². The zero-order valence-electron chi connectivity index (χ0n) is 19.3. The second kappa shape index (κ2) is 11.5. The summed E-state index contributed by atoms with van der Waals surface area (Å²) in [6, 6.07) is 20.8. The summed E-state index contributed by atoms with van der Waals surface area (Å²) in [5.41, 5.74) is 0. The van der Waals surface area contributed by atoms with E-state index in [-0.39, 0.29) is 0 Å². The molecule has 22 heteroatoms. The Kier molecular flexibility index (Phi) is 10.3. The minimum Gasteiger partial charge on any atom is -0.281 e. The minimum absolute atomic E-state index is 1.29. The molecule has 0 aliphatic rings. The van der Waals surface area contributed by atoms with Crippen LogP contribution in [0.2, 0.25) is 0 Å². The van der Waals surface area contributed by atoms with Gasteiger partial charge in [0.15, 0.2) is 0 Å². The number of halogens is 17. The fourth-order valence-corrected chi connectivity index (χ4v) is 3.74. The van der Waals surface area contributed by atoms with Crippen LogP contribution in [0.3, 0.4) is 0 Å². The molecule has 0 aromatic heterocycles. The predicted octanol–water partition coefficient (Wildman–Crippen LogP) is 8.68. The smallest absolute Gasteiger partial charge is 0.281 e. The van der Waals surface area contributed by atoms with Gasteiger partial charge in [0, 0.05) is 9.79 Å². The number of hydrogen-bond donors (Lipinski definition) is 1. The van der Waals surface area contributed by atoms with Crippen molar-refractivity contribution in [3.63, 3.8) is 0 Å². The monoisotopic (exact) mass is 686 g/mol. The Morgan fingerprint density at radius 2 is 0.714 bits per heavy atom. The highest BCUT2D eigenvalue weighted by Gasteiger charge is 2.96. The molecule has 0 heterocycles. The SMILES string of the molecule is O=S(=O)(O)C(F)(F)C(F)(F)C(F)(F)C(F)(F)C(F)(F)C(F)(F)C(F)(F)C(F)(F)F.c1ccc(Sc2ccccc2)cc1. The molecule has 2 aromatic carbocycles. The van der Waals surface area contributed by atoms with Crippen molar-refractivity contribution >= 4 is 21.9 Å². The standard InChI is InChI=1S/C12H10S.C8HF17O3S/c1-3-7-11(8-4-1)13-12-9-5-2-6-10-12;9-1(10,3(13,14)5(17,18)7(21,22)23)2(11,12)4(15,16)6(19,20)8(24,25)29(26,27)28/h1-10H;(H,26,27,28). The molecule has 0 aliphatic carbocycles. The molecule has 0 saturated heterocycles. The fourth-order valence-electron chi connectivity index (χ4n) is 2.42. The molecule has 0 saturated carbocycles. The molecule has 1 N–H and O–H groups in total. The average molecular weight is 686 g/mol. The first-order valence-electron chi connectivity index (χ1n) is 9.91. The van der Waals surface area contributed by atoms with Gasteiger partial charge in [0.2, 0.25) is 0 Å². The Morgan fingerprint density at radius 3 is 0.976 bits per heavy atom. The third-order valence-corrected chi connectivity index (χ3v) is 6.66. The van der Waals surface area contributed by atoms with E-state index in [1.165, 1.54) is 9.79 Å². The molecule has 0 unspecified atom stereocenters. The number of alkyl halides is 17. The highest BCUT2D eigenvalue weighted by molar-refractivity contribution is 7.99. The van der Waals surface area contributed by atoms with Gasteiger partial charge in [-0.05, 0) is 24.3 Å². The Labute approximate surface area is 227 Å². The topological polar surface area (TPSA) is 54.4 Å². The molecule has 240 valence electrons. The molecule has 0 bridgehead atoms. The molecule has 3 nitrogen and oxygen atoms in total. The summed E-state index contributed by atoms with van der Waals surface area (Å²) < 4.78 is 242. The zero-order valence-corrected chi connectivity index (χ0v) is 20.9. The number of benzene rings is 2.